The molecular formula is C7H9N3O2S. The van der Waals surface area contributed by atoms with Crippen molar-refractivity contribution in [2.75, 3.05) is 13.2 Å². The van der Waals surface area contributed by atoms with Crippen molar-refractivity contribution in [2.45, 2.75) is 0 Å². The smallest absolute Gasteiger partial charge is 0.252 e. The minimum absolute atomic E-state index is 0.0135. The summed E-state index contributed by atoms with van der Waals surface area (Å²) in [5.74, 6) is 0. The topological polar surface area (TPSA) is 81.2 Å². The maximum absolute atomic E-state index is 10.9. The van der Waals surface area contributed by atoms with Crippen LogP contribution < -0.4 is 5.56 Å². The zero-order valence-electron chi connectivity index (χ0n) is 6.78. The monoisotopic (exact) mass is 199 g/mol. The quantitative estimate of drug-likeness (QED) is 0.467. The van der Waals surface area contributed by atoms with Crippen molar-refractivity contribution >= 4 is 18.4 Å². The molecule has 0 unspecified atom stereocenters. The summed E-state index contributed by atoms with van der Waals surface area (Å²) in [5.41, 5.74) is 0.261. The molecule has 70 valence electrons. The van der Waals surface area contributed by atoms with Crippen molar-refractivity contribution in [3.05, 3.63) is 26.9 Å². The van der Waals surface area contributed by atoms with E-state index in [1.54, 1.807) is 0 Å². The molecule has 0 aliphatic heterocycles. The number of aromatic nitrogens is 2. The number of hydrogen-bond acceptors (Lipinski definition) is 4. The Hall–Kier alpha value is -1.27. The highest BCUT2D eigenvalue weighted by Gasteiger charge is 1.89. The molecular weight excluding hydrogens is 190 g/mol. The van der Waals surface area contributed by atoms with E-state index in [9.17, 15) is 4.79 Å². The number of aliphatic hydroxyl groups is 1. The van der Waals surface area contributed by atoms with E-state index < -0.39 is 0 Å². The van der Waals surface area contributed by atoms with Crippen molar-refractivity contribution in [3.8, 4) is 0 Å². The predicted molar refractivity (Wildman–Crippen MR) is 51.8 cm³/mol. The molecule has 0 saturated heterocycles. The lowest BCUT2D eigenvalue weighted by Crippen LogP contribution is -2.08. The maximum Gasteiger partial charge on any atom is 0.252 e. The molecule has 0 spiro atoms. The molecule has 0 saturated carbocycles. The Morgan fingerprint density at radius 2 is 2.38 bits per heavy atom. The molecule has 0 fully saturated rings. The summed E-state index contributed by atoms with van der Waals surface area (Å²) >= 11 is 4.74. The minimum Gasteiger partial charge on any atom is -0.394 e. The molecule has 1 heterocycles. The van der Waals surface area contributed by atoms with Gasteiger partial charge < -0.3 is 10.1 Å². The van der Waals surface area contributed by atoms with Crippen molar-refractivity contribution < 1.29 is 5.11 Å². The average molecular weight is 199 g/mol. The lowest BCUT2D eigenvalue weighted by Gasteiger charge is -1.91. The van der Waals surface area contributed by atoms with Crippen LogP contribution in [0.4, 0.5) is 0 Å². The van der Waals surface area contributed by atoms with Gasteiger partial charge >= 0.3 is 0 Å². The van der Waals surface area contributed by atoms with Crippen LogP contribution in [-0.2, 0) is 0 Å². The SMILES string of the molecule is O=c1cc(C=NCCO)[nH]c(=S)[nH]1. The number of rotatable bonds is 3. The summed E-state index contributed by atoms with van der Waals surface area (Å²) in [6.07, 6.45) is 1.46. The Kier molecular flexibility index (Phi) is 3.53. The highest BCUT2D eigenvalue weighted by molar-refractivity contribution is 7.71. The molecule has 0 bridgehead atoms. The van der Waals surface area contributed by atoms with Crippen LogP contribution in [0.15, 0.2) is 15.9 Å². The summed E-state index contributed by atoms with van der Waals surface area (Å²) in [6, 6.07) is 1.34. The van der Waals surface area contributed by atoms with Crippen LogP contribution in [0, 0.1) is 4.77 Å². The maximum atomic E-state index is 10.9. The molecule has 5 nitrogen and oxygen atoms in total. The standard InChI is InChI=1S/C7H9N3O2S/c11-2-1-8-4-5-3-6(12)10-7(13)9-5/h3-4,11H,1-2H2,(H2,9,10,12,13). The molecule has 1 rings (SSSR count). The van der Waals surface area contributed by atoms with Gasteiger partial charge in [-0.15, -0.1) is 0 Å². The lowest BCUT2D eigenvalue weighted by molar-refractivity contribution is 0.307. The van der Waals surface area contributed by atoms with E-state index in [1.165, 1.54) is 12.3 Å². The van der Waals surface area contributed by atoms with Gasteiger partial charge in [0.15, 0.2) is 4.77 Å². The fourth-order valence-electron chi connectivity index (χ4n) is 0.778. The fourth-order valence-corrected chi connectivity index (χ4v) is 0.996. The molecule has 3 N–H and O–H groups in total. The van der Waals surface area contributed by atoms with Crippen LogP contribution in [0.5, 0.6) is 0 Å². The molecule has 0 aliphatic carbocycles. The molecule has 13 heavy (non-hydrogen) atoms. The van der Waals surface area contributed by atoms with Crippen LogP contribution in [-0.4, -0.2) is 34.4 Å². The van der Waals surface area contributed by atoms with Gasteiger partial charge in [0.05, 0.1) is 18.8 Å². The highest BCUT2D eigenvalue weighted by atomic mass is 32.1. The Balaban J connectivity index is 2.90. The zero-order chi connectivity index (χ0) is 9.68. The third-order valence-electron chi connectivity index (χ3n) is 1.24. The third-order valence-corrected chi connectivity index (χ3v) is 1.44. The van der Waals surface area contributed by atoms with Gasteiger partial charge in [0.1, 0.15) is 0 Å². The largest absolute Gasteiger partial charge is 0.394 e. The first kappa shape index (κ1) is 9.82. The molecule has 0 aromatic carbocycles. The van der Waals surface area contributed by atoms with E-state index in [4.69, 9.17) is 17.3 Å². The van der Waals surface area contributed by atoms with Gasteiger partial charge in [-0.1, -0.05) is 0 Å². The molecule has 0 atom stereocenters. The summed E-state index contributed by atoms with van der Waals surface area (Å²) in [6.45, 7) is 0.299. The fraction of sp³-hybridized carbons (Fsp3) is 0.286. The first-order valence-corrected chi connectivity index (χ1v) is 4.07. The second-order valence-electron chi connectivity index (χ2n) is 2.30. The number of H-pyrrole nitrogens is 2. The minimum atomic E-state index is -0.269. The van der Waals surface area contributed by atoms with Crippen molar-refractivity contribution in [2.24, 2.45) is 4.99 Å². The van der Waals surface area contributed by atoms with E-state index in [1.807, 2.05) is 0 Å². The number of aromatic amines is 2. The lowest BCUT2D eigenvalue weighted by atomic mass is 10.4. The van der Waals surface area contributed by atoms with Crippen LogP contribution >= 0.6 is 12.2 Å². The van der Waals surface area contributed by atoms with Gasteiger partial charge in [-0.05, 0) is 12.2 Å². The average Bonchev–Trinajstić information content (AvgIpc) is 2.03. The number of aliphatic hydroxyl groups excluding tert-OH is 1. The van der Waals surface area contributed by atoms with Crippen LogP contribution in [0.1, 0.15) is 5.69 Å². The normalized spacial score (nSPS) is 10.8. The second-order valence-corrected chi connectivity index (χ2v) is 2.71. The van der Waals surface area contributed by atoms with Gasteiger partial charge in [0.25, 0.3) is 5.56 Å². The van der Waals surface area contributed by atoms with E-state index in [0.717, 1.165) is 0 Å². The number of hydrogen-bond donors (Lipinski definition) is 3. The number of nitrogens with zero attached hydrogens (tertiary/aromatic N) is 1. The Bertz CT molecular complexity index is 378. The Labute approximate surface area is 79.2 Å². The molecule has 0 radical (unpaired) electrons. The first-order chi connectivity index (χ1) is 6.22. The zero-order valence-corrected chi connectivity index (χ0v) is 7.60. The van der Waals surface area contributed by atoms with Crippen molar-refractivity contribution in [1.29, 1.82) is 0 Å². The van der Waals surface area contributed by atoms with E-state index in [2.05, 4.69) is 15.0 Å². The van der Waals surface area contributed by atoms with Crippen LogP contribution in [0.3, 0.4) is 0 Å². The van der Waals surface area contributed by atoms with Gasteiger partial charge in [0, 0.05) is 12.3 Å². The Morgan fingerprint density at radius 3 is 3.00 bits per heavy atom. The molecule has 1 aromatic rings. The van der Waals surface area contributed by atoms with E-state index in [0.29, 0.717) is 12.2 Å². The van der Waals surface area contributed by atoms with Crippen molar-refractivity contribution in [1.82, 2.24) is 9.97 Å². The number of aliphatic imine (C=N–C) groups is 1. The molecule has 0 amide bonds. The third kappa shape index (κ3) is 3.30. The number of nitrogens with one attached hydrogen (secondary N) is 2. The van der Waals surface area contributed by atoms with Crippen LogP contribution in [0.25, 0.3) is 0 Å². The summed E-state index contributed by atoms with van der Waals surface area (Å²) in [5, 5.41) is 8.44. The first-order valence-electron chi connectivity index (χ1n) is 3.66. The van der Waals surface area contributed by atoms with Gasteiger partial charge in [-0.3, -0.25) is 14.8 Å². The predicted octanol–water partition coefficient (Wildman–Crippen LogP) is -0.156. The summed E-state index contributed by atoms with van der Waals surface area (Å²) in [7, 11) is 0. The Morgan fingerprint density at radius 1 is 1.62 bits per heavy atom. The molecule has 6 heteroatoms. The highest BCUT2D eigenvalue weighted by Crippen LogP contribution is 1.83. The molecule has 0 aliphatic rings. The van der Waals surface area contributed by atoms with Crippen LogP contribution in [0.2, 0.25) is 0 Å². The van der Waals surface area contributed by atoms with E-state index >= 15 is 0 Å². The second kappa shape index (κ2) is 4.68. The van der Waals surface area contributed by atoms with E-state index in [-0.39, 0.29) is 16.9 Å². The summed E-state index contributed by atoms with van der Waals surface area (Å²) in [4.78, 5) is 19.9. The van der Waals surface area contributed by atoms with Crippen molar-refractivity contribution in [3.63, 3.8) is 0 Å². The van der Waals surface area contributed by atoms with Gasteiger partial charge in [-0.2, -0.15) is 0 Å². The van der Waals surface area contributed by atoms with Gasteiger partial charge in [0.2, 0.25) is 0 Å². The molecule has 1 aromatic heterocycles. The summed E-state index contributed by atoms with van der Waals surface area (Å²) < 4.78 is 0.262. The van der Waals surface area contributed by atoms with Gasteiger partial charge in [-0.25, -0.2) is 0 Å².